The van der Waals surface area contributed by atoms with Crippen LogP contribution in [0.15, 0.2) is 18.2 Å². The van der Waals surface area contributed by atoms with Gasteiger partial charge in [-0.1, -0.05) is 11.6 Å². The molecule has 0 spiro atoms. The predicted molar refractivity (Wildman–Crippen MR) is 62.6 cm³/mol. The first kappa shape index (κ1) is 17.0. The molecule has 8 heteroatoms. The number of benzene rings is 1. The van der Waals surface area contributed by atoms with Gasteiger partial charge in [0, 0.05) is 5.02 Å². The summed E-state index contributed by atoms with van der Waals surface area (Å²) in [4.78, 5) is 11.1. The average molecular weight is 304 g/mol. The molecule has 0 fully saturated rings. The van der Waals surface area contributed by atoms with Crippen molar-refractivity contribution in [3.05, 3.63) is 34.3 Å². The lowest BCUT2D eigenvalue weighted by Gasteiger charge is -2.14. The highest BCUT2D eigenvalue weighted by molar-refractivity contribution is 6.31. The van der Waals surface area contributed by atoms with Gasteiger partial charge in [-0.05, 0) is 23.8 Å². The average Bonchev–Trinajstić information content (AvgIpc) is 2.26. The topological polar surface area (TPSA) is 52.3 Å². The van der Waals surface area contributed by atoms with Crippen LogP contribution >= 0.6 is 24.0 Å². The lowest BCUT2D eigenvalue weighted by Crippen LogP contribution is -2.23. The van der Waals surface area contributed by atoms with E-state index in [2.05, 4.69) is 4.74 Å². The minimum atomic E-state index is -4.52. The molecule has 2 N–H and O–H groups in total. The van der Waals surface area contributed by atoms with Gasteiger partial charge in [-0.3, -0.25) is 4.79 Å². The first-order valence-corrected chi connectivity index (χ1v) is 4.85. The van der Waals surface area contributed by atoms with E-state index in [1.54, 1.807) is 0 Å². The number of halogens is 5. The van der Waals surface area contributed by atoms with Crippen molar-refractivity contribution in [2.75, 3.05) is 7.11 Å². The molecule has 1 aromatic carbocycles. The Morgan fingerprint density at radius 1 is 1.44 bits per heavy atom. The summed E-state index contributed by atoms with van der Waals surface area (Å²) < 4.78 is 41.7. The summed E-state index contributed by atoms with van der Waals surface area (Å²) in [5.41, 5.74) is 4.40. The molecule has 3 nitrogen and oxygen atoms in total. The van der Waals surface area contributed by atoms with Crippen LogP contribution in [-0.4, -0.2) is 13.1 Å². The van der Waals surface area contributed by atoms with E-state index in [1.807, 2.05) is 0 Å². The molecular formula is C10H10Cl2F3NO2. The molecule has 0 heterocycles. The number of nitrogens with two attached hydrogens (primary N) is 1. The van der Waals surface area contributed by atoms with E-state index in [0.29, 0.717) is 0 Å². The third kappa shape index (κ3) is 3.76. The highest BCUT2D eigenvalue weighted by Gasteiger charge is 2.32. The Balaban J connectivity index is 0.00000289. The molecule has 102 valence electrons. The van der Waals surface area contributed by atoms with Crippen LogP contribution < -0.4 is 5.73 Å². The molecule has 1 aromatic rings. The van der Waals surface area contributed by atoms with Gasteiger partial charge in [-0.15, -0.1) is 12.4 Å². The number of rotatable bonds is 2. The fraction of sp³-hybridized carbons (Fsp3) is 0.300. The van der Waals surface area contributed by atoms with Gasteiger partial charge < -0.3 is 10.5 Å². The zero-order valence-electron chi connectivity index (χ0n) is 9.12. The minimum Gasteiger partial charge on any atom is -0.468 e. The van der Waals surface area contributed by atoms with Crippen LogP contribution in [0.4, 0.5) is 13.2 Å². The third-order valence-electron chi connectivity index (χ3n) is 2.11. The van der Waals surface area contributed by atoms with Gasteiger partial charge >= 0.3 is 12.1 Å². The fourth-order valence-corrected chi connectivity index (χ4v) is 1.45. The molecule has 0 aliphatic rings. The summed E-state index contributed by atoms with van der Waals surface area (Å²) in [6.45, 7) is 0. The molecule has 0 amide bonds. The Kier molecular flexibility index (Phi) is 5.92. The number of hydrogen-bond donors (Lipinski definition) is 1. The predicted octanol–water partition coefficient (Wildman–Crippen LogP) is 2.95. The lowest BCUT2D eigenvalue weighted by molar-refractivity contribution is -0.143. The summed E-state index contributed by atoms with van der Waals surface area (Å²) in [5, 5.41) is -0.0177. The van der Waals surface area contributed by atoms with Crippen molar-refractivity contribution < 1.29 is 22.7 Å². The van der Waals surface area contributed by atoms with Crippen LogP contribution in [0.25, 0.3) is 0 Å². The standard InChI is InChI=1S/C10H9ClF3NO2.ClH/c1-17-9(16)8(15)6-4-5(10(12,13)14)2-3-7(6)11;/h2-4,8H,15H2,1H3;1H/t8-;/m1./s1. The van der Waals surface area contributed by atoms with Gasteiger partial charge in [-0.25, -0.2) is 0 Å². The molecule has 0 bridgehead atoms. The zero-order valence-corrected chi connectivity index (χ0v) is 10.7. The number of carbonyl (C=O) groups excluding carboxylic acids is 1. The van der Waals surface area contributed by atoms with Crippen molar-refractivity contribution in [1.82, 2.24) is 0 Å². The molecule has 1 atom stereocenters. The molecule has 0 aliphatic carbocycles. The Hall–Kier alpha value is -0.980. The summed E-state index contributed by atoms with van der Waals surface area (Å²) in [5.74, 6) is -0.855. The van der Waals surface area contributed by atoms with Crippen LogP contribution in [0, 0.1) is 0 Å². The van der Waals surface area contributed by atoms with Crippen LogP contribution in [0.3, 0.4) is 0 Å². The second-order valence-electron chi connectivity index (χ2n) is 3.23. The molecule has 1 rings (SSSR count). The molecule has 0 saturated carbocycles. The van der Waals surface area contributed by atoms with Gasteiger partial charge in [0.05, 0.1) is 12.7 Å². The zero-order chi connectivity index (χ0) is 13.2. The first-order valence-electron chi connectivity index (χ1n) is 4.47. The highest BCUT2D eigenvalue weighted by atomic mass is 35.5. The maximum absolute atomic E-state index is 12.4. The fourth-order valence-electron chi connectivity index (χ4n) is 1.21. The normalized spacial score (nSPS) is 12.6. The molecular weight excluding hydrogens is 294 g/mol. The largest absolute Gasteiger partial charge is 0.468 e. The number of ether oxygens (including phenoxy) is 1. The smallest absolute Gasteiger partial charge is 0.416 e. The van der Waals surface area contributed by atoms with Crippen molar-refractivity contribution in [3.63, 3.8) is 0 Å². The molecule has 18 heavy (non-hydrogen) atoms. The van der Waals surface area contributed by atoms with Gasteiger partial charge in [0.25, 0.3) is 0 Å². The Bertz CT molecular complexity index is 438. The maximum Gasteiger partial charge on any atom is 0.416 e. The van der Waals surface area contributed by atoms with Gasteiger partial charge in [0.1, 0.15) is 6.04 Å². The SMILES string of the molecule is COC(=O)[C@H](N)c1cc(C(F)(F)F)ccc1Cl.Cl. The van der Waals surface area contributed by atoms with Gasteiger partial charge in [-0.2, -0.15) is 13.2 Å². The molecule has 0 aliphatic heterocycles. The number of alkyl halides is 3. The van der Waals surface area contributed by atoms with Crippen molar-refractivity contribution in [1.29, 1.82) is 0 Å². The number of hydrogen-bond acceptors (Lipinski definition) is 3. The summed E-state index contributed by atoms with van der Waals surface area (Å²) in [6, 6.07) is 1.26. The van der Waals surface area contributed by atoms with Crippen LogP contribution in [0.5, 0.6) is 0 Å². The summed E-state index contributed by atoms with van der Waals surface area (Å²) in [6.07, 6.45) is -4.52. The van der Waals surface area contributed by atoms with Crippen LogP contribution in [0.2, 0.25) is 5.02 Å². The Labute approximate surface area is 112 Å². The van der Waals surface area contributed by atoms with Crippen LogP contribution in [-0.2, 0) is 15.7 Å². The Morgan fingerprint density at radius 2 is 2.00 bits per heavy atom. The van der Waals surface area contributed by atoms with Crippen molar-refractivity contribution >= 4 is 30.0 Å². The van der Waals surface area contributed by atoms with E-state index < -0.39 is 23.8 Å². The summed E-state index contributed by atoms with van der Waals surface area (Å²) >= 11 is 5.69. The number of methoxy groups -OCH3 is 1. The quantitative estimate of drug-likeness (QED) is 0.855. The van der Waals surface area contributed by atoms with Gasteiger partial charge in [0.2, 0.25) is 0 Å². The molecule has 0 aromatic heterocycles. The number of carbonyl (C=O) groups is 1. The van der Waals surface area contributed by atoms with E-state index in [1.165, 1.54) is 0 Å². The second kappa shape index (κ2) is 6.26. The van der Waals surface area contributed by atoms with E-state index in [4.69, 9.17) is 17.3 Å². The molecule has 0 saturated heterocycles. The van der Waals surface area contributed by atoms with Crippen molar-refractivity contribution in [3.8, 4) is 0 Å². The van der Waals surface area contributed by atoms with Crippen molar-refractivity contribution in [2.45, 2.75) is 12.2 Å². The highest BCUT2D eigenvalue weighted by Crippen LogP contribution is 2.33. The van der Waals surface area contributed by atoms with E-state index in [-0.39, 0.29) is 23.0 Å². The van der Waals surface area contributed by atoms with E-state index in [0.717, 1.165) is 25.3 Å². The minimum absolute atomic E-state index is 0. The molecule has 0 unspecified atom stereocenters. The second-order valence-corrected chi connectivity index (χ2v) is 3.64. The molecule has 0 radical (unpaired) electrons. The maximum atomic E-state index is 12.4. The van der Waals surface area contributed by atoms with Crippen LogP contribution in [0.1, 0.15) is 17.2 Å². The lowest BCUT2D eigenvalue weighted by atomic mass is 10.0. The Morgan fingerprint density at radius 3 is 2.44 bits per heavy atom. The van der Waals surface area contributed by atoms with E-state index >= 15 is 0 Å². The van der Waals surface area contributed by atoms with Crippen molar-refractivity contribution in [2.24, 2.45) is 5.73 Å². The van der Waals surface area contributed by atoms with E-state index in [9.17, 15) is 18.0 Å². The third-order valence-corrected chi connectivity index (χ3v) is 2.46. The first-order chi connectivity index (χ1) is 7.77. The number of esters is 1. The monoisotopic (exact) mass is 303 g/mol. The summed E-state index contributed by atoms with van der Waals surface area (Å²) in [7, 11) is 1.09. The van der Waals surface area contributed by atoms with Gasteiger partial charge in [0.15, 0.2) is 0 Å².